The van der Waals surface area contributed by atoms with E-state index in [1.54, 1.807) is 0 Å². The van der Waals surface area contributed by atoms with E-state index in [0.717, 1.165) is 19.4 Å². The monoisotopic (exact) mass is 171 g/mol. The Hall–Kier alpha value is -0.570. The maximum absolute atomic E-state index is 10.1. The number of hydrogen-bond donors (Lipinski definition) is 0. The Labute approximate surface area is 73.7 Å². The number of carbonyl (C=O) groups excluding carboxylic acids is 1. The molecule has 0 aromatic rings. The fraction of sp³-hybridized carbons (Fsp3) is 0.889. The first-order valence-corrected chi connectivity index (χ1v) is 4.36. The minimum absolute atomic E-state index is 0.119. The molecule has 1 atom stereocenters. The van der Waals surface area contributed by atoms with E-state index >= 15 is 0 Å². The molecule has 3 nitrogen and oxygen atoms in total. The lowest BCUT2D eigenvalue weighted by Crippen LogP contribution is -2.49. The molecule has 0 saturated carbocycles. The summed E-state index contributed by atoms with van der Waals surface area (Å²) in [6.45, 7) is 5.91. The molecular weight excluding hydrogens is 154 g/mol. The molecule has 70 valence electrons. The molecule has 1 unspecified atom stereocenters. The van der Waals surface area contributed by atoms with E-state index in [-0.39, 0.29) is 11.6 Å². The van der Waals surface area contributed by atoms with Crippen LogP contribution in [0.25, 0.3) is 0 Å². The van der Waals surface area contributed by atoms with Crippen LogP contribution in [-0.2, 0) is 9.53 Å². The Morgan fingerprint density at radius 2 is 2.25 bits per heavy atom. The summed E-state index contributed by atoms with van der Waals surface area (Å²) in [6.07, 6.45) is 2.01. The predicted octanol–water partition coefficient (Wildman–Crippen LogP) is 1.03. The first-order valence-electron chi connectivity index (χ1n) is 4.36. The minimum atomic E-state index is 0.119. The summed E-state index contributed by atoms with van der Waals surface area (Å²) >= 11 is 0. The molecule has 1 saturated heterocycles. The summed E-state index contributed by atoms with van der Waals surface area (Å²) in [5.41, 5.74) is 0.159. The second kappa shape index (κ2) is 3.44. The fourth-order valence-corrected chi connectivity index (χ4v) is 1.65. The number of likely N-dealkylation sites (tertiary alicyclic amines) is 1. The highest BCUT2D eigenvalue weighted by Crippen LogP contribution is 2.27. The van der Waals surface area contributed by atoms with E-state index in [1.807, 2.05) is 0 Å². The lowest BCUT2D eigenvalue weighted by molar-refractivity contribution is -0.137. The molecule has 0 spiro atoms. The SMILES string of the molecule is CN1CCC(OC=O)CC1(C)C. The van der Waals surface area contributed by atoms with Crippen molar-refractivity contribution < 1.29 is 9.53 Å². The molecule has 3 heteroatoms. The van der Waals surface area contributed by atoms with Crippen LogP contribution in [0.1, 0.15) is 26.7 Å². The zero-order valence-corrected chi connectivity index (χ0v) is 8.04. The van der Waals surface area contributed by atoms with Crippen molar-refractivity contribution in [3.05, 3.63) is 0 Å². The van der Waals surface area contributed by atoms with Crippen LogP contribution in [0, 0.1) is 0 Å². The average molecular weight is 171 g/mol. The molecular formula is C9H17NO2. The third-order valence-electron chi connectivity index (χ3n) is 2.80. The van der Waals surface area contributed by atoms with Crippen LogP contribution in [0.4, 0.5) is 0 Å². The van der Waals surface area contributed by atoms with E-state index < -0.39 is 0 Å². The molecule has 0 bridgehead atoms. The van der Waals surface area contributed by atoms with Crippen LogP contribution in [0.2, 0.25) is 0 Å². The van der Waals surface area contributed by atoms with E-state index in [1.165, 1.54) is 0 Å². The van der Waals surface area contributed by atoms with Crippen molar-refractivity contribution in [1.29, 1.82) is 0 Å². The Bertz CT molecular complexity index is 168. The summed E-state index contributed by atoms with van der Waals surface area (Å²) in [5.74, 6) is 0. The van der Waals surface area contributed by atoms with Gasteiger partial charge < -0.3 is 9.64 Å². The van der Waals surface area contributed by atoms with Gasteiger partial charge in [0.25, 0.3) is 6.47 Å². The van der Waals surface area contributed by atoms with Gasteiger partial charge in [-0.3, -0.25) is 4.79 Å². The quantitative estimate of drug-likeness (QED) is 0.581. The molecule has 12 heavy (non-hydrogen) atoms. The molecule has 1 rings (SSSR count). The standard InChI is InChI=1S/C9H17NO2/c1-9(2)6-8(12-7-11)4-5-10(9)3/h7-8H,4-6H2,1-3H3. The molecule has 0 aliphatic carbocycles. The fourth-order valence-electron chi connectivity index (χ4n) is 1.65. The van der Waals surface area contributed by atoms with Crippen molar-refractivity contribution >= 4 is 6.47 Å². The molecule has 0 N–H and O–H groups in total. The molecule has 1 aliphatic rings. The molecule has 0 radical (unpaired) electrons. The van der Waals surface area contributed by atoms with Crippen LogP contribution in [0.15, 0.2) is 0 Å². The normalized spacial score (nSPS) is 29.8. The molecule has 0 aromatic heterocycles. The van der Waals surface area contributed by atoms with Crippen LogP contribution >= 0.6 is 0 Å². The zero-order valence-electron chi connectivity index (χ0n) is 8.04. The van der Waals surface area contributed by atoms with E-state index in [9.17, 15) is 4.79 Å². The van der Waals surface area contributed by atoms with Crippen LogP contribution in [0.5, 0.6) is 0 Å². The van der Waals surface area contributed by atoms with Crippen molar-refractivity contribution in [1.82, 2.24) is 4.90 Å². The molecule has 1 fully saturated rings. The molecule has 1 heterocycles. The van der Waals surface area contributed by atoms with Gasteiger partial charge in [-0.25, -0.2) is 0 Å². The van der Waals surface area contributed by atoms with Crippen molar-refractivity contribution in [2.45, 2.75) is 38.3 Å². The van der Waals surface area contributed by atoms with Gasteiger partial charge in [-0.15, -0.1) is 0 Å². The summed E-state index contributed by atoms with van der Waals surface area (Å²) < 4.78 is 4.96. The molecule has 0 aromatic carbocycles. The van der Waals surface area contributed by atoms with Gasteiger partial charge in [-0.1, -0.05) is 0 Å². The van der Waals surface area contributed by atoms with Crippen molar-refractivity contribution in [2.75, 3.05) is 13.6 Å². The second-order valence-corrected chi connectivity index (χ2v) is 4.08. The van der Waals surface area contributed by atoms with Gasteiger partial charge in [0.1, 0.15) is 6.10 Å². The highest BCUT2D eigenvalue weighted by Gasteiger charge is 2.32. The summed E-state index contributed by atoms with van der Waals surface area (Å²) in [5, 5.41) is 0. The van der Waals surface area contributed by atoms with Gasteiger partial charge >= 0.3 is 0 Å². The number of carbonyl (C=O) groups is 1. The number of piperidine rings is 1. The third kappa shape index (κ3) is 1.97. The van der Waals surface area contributed by atoms with Gasteiger partial charge in [-0.05, 0) is 27.3 Å². The summed E-state index contributed by atoms with van der Waals surface area (Å²) in [6, 6.07) is 0. The Kier molecular flexibility index (Phi) is 2.73. The summed E-state index contributed by atoms with van der Waals surface area (Å²) in [7, 11) is 2.11. The van der Waals surface area contributed by atoms with Gasteiger partial charge in [0.2, 0.25) is 0 Å². The van der Waals surface area contributed by atoms with E-state index in [4.69, 9.17) is 4.74 Å². The van der Waals surface area contributed by atoms with Gasteiger partial charge in [0, 0.05) is 18.5 Å². The number of hydrogen-bond acceptors (Lipinski definition) is 3. The predicted molar refractivity (Wildman–Crippen MR) is 46.9 cm³/mol. The lowest BCUT2D eigenvalue weighted by atomic mass is 9.89. The highest BCUT2D eigenvalue weighted by atomic mass is 16.5. The summed E-state index contributed by atoms with van der Waals surface area (Å²) in [4.78, 5) is 12.4. The zero-order chi connectivity index (χ0) is 9.19. The van der Waals surface area contributed by atoms with Crippen LogP contribution < -0.4 is 0 Å². The largest absolute Gasteiger partial charge is 0.464 e. The van der Waals surface area contributed by atoms with E-state index in [0.29, 0.717) is 6.47 Å². The number of ether oxygens (including phenoxy) is 1. The lowest BCUT2D eigenvalue weighted by Gasteiger charge is -2.42. The minimum Gasteiger partial charge on any atom is -0.464 e. The highest BCUT2D eigenvalue weighted by molar-refractivity contribution is 5.37. The molecule has 1 aliphatic heterocycles. The van der Waals surface area contributed by atoms with Gasteiger partial charge in [0.05, 0.1) is 0 Å². The second-order valence-electron chi connectivity index (χ2n) is 4.08. The first-order chi connectivity index (χ1) is 5.56. The van der Waals surface area contributed by atoms with Crippen molar-refractivity contribution in [3.63, 3.8) is 0 Å². The van der Waals surface area contributed by atoms with Gasteiger partial charge in [-0.2, -0.15) is 0 Å². The maximum Gasteiger partial charge on any atom is 0.293 e. The average Bonchev–Trinajstić information content (AvgIpc) is 1.97. The Morgan fingerprint density at radius 1 is 1.58 bits per heavy atom. The maximum atomic E-state index is 10.1. The Morgan fingerprint density at radius 3 is 2.75 bits per heavy atom. The van der Waals surface area contributed by atoms with E-state index in [2.05, 4.69) is 25.8 Å². The third-order valence-corrected chi connectivity index (χ3v) is 2.80. The first kappa shape index (κ1) is 9.52. The smallest absolute Gasteiger partial charge is 0.293 e. The topological polar surface area (TPSA) is 29.5 Å². The number of rotatable bonds is 2. The number of nitrogens with zero attached hydrogens (tertiary/aromatic N) is 1. The van der Waals surface area contributed by atoms with Crippen LogP contribution in [0.3, 0.4) is 0 Å². The van der Waals surface area contributed by atoms with Crippen molar-refractivity contribution in [3.8, 4) is 0 Å². The van der Waals surface area contributed by atoms with Crippen molar-refractivity contribution in [2.24, 2.45) is 0 Å². The Balaban J connectivity index is 2.50. The van der Waals surface area contributed by atoms with Crippen LogP contribution in [-0.4, -0.2) is 36.6 Å². The molecule has 0 amide bonds. The van der Waals surface area contributed by atoms with Gasteiger partial charge in [0.15, 0.2) is 0 Å².